The highest BCUT2D eigenvalue weighted by Gasteiger charge is 2.07. The second-order valence-electron chi connectivity index (χ2n) is 3.86. The third kappa shape index (κ3) is 3.04. The van der Waals surface area contributed by atoms with Crippen molar-refractivity contribution in [1.82, 2.24) is 4.98 Å². The molecule has 3 heteroatoms. The largest absolute Gasteiger partial charge is 0.484 e. The number of hydrogen-bond donors (Lipinski definition) is 1. The lowest BCUT2D eigenvalue weighted by atomic mass is 10.2. The van der Waals surface area contributed by atoms with E-state index in [4.69, 9.17) is 10.5 Å². The summed E-state index contributed by atoms with van der Waals surface area (Å²) in [6.45, 7) is 2.54. The Morgan fingerprint density at radius 1 is 1.18 bits per heavy atom. The summed E-state index contributed by atoms with van der Waals surface area (Å²) in [4.78, 5) is 4.26. The van der Waals surface area contributed by atoms with Crippen molar-refractivity contribution in [2.24, 2.45) is 5.73 Å². The highest BCUT2D eigenvalue weighted by atomic mass is 16.5. The molecule has 0 bridgehead atoms. The van der Waals surface area contributed by atoms with E-state index in [1.165, 1.54) is 0 Å². The molecule has 0 saturated carbocycles. The van der Waals surface area contributed by atoms with Crippen LogP contribution in [0.25, 0.3) is 0 Å². The summed E-state index contributed by atoms with van der Waals surface area (Å²) in [5.74, 6) is 0.834. The predicted molar refractivity (Wildman–Crippen MR) is 67.6 cm³/mol. The highest BCUT2D eigenvalue weighted by Crippen LogP contribution is 2.20. The lowest BCUT2D eigenvalue weighted by Gasteiger charge is -2.14. The van der Waals surface area contributed by atoms with E-state index in [0.29, 0.717) is 6.54 Å². The number of rotatable bonds is 4. The second kappa shape index (κ2) is 5.46. The normalized spacial score (nSPS) is 12.1. The second-order valence-corrected chi connectivity index (χ2v) is 3.86. The Bertz CT molecular complexity index is 453. The van der Waals surface area contributed by atoms with Gasteiger partial charge in [0.15, 0.2) is 0 Å². The number of hydrogen-bond acceptors (Lipinski definition) is 3. The van der Waals surface area contributed by atoms with E-state index in [2.05, 4.69) is 4.98 Å². The maximum absolute atomic E-state index is 5.80. The summed E-state index contributed by atoms with van der Waals surface area (Å²) in [5.41, 5.74) is 7.57. The first-order valence-electron chi connectivity index (χ1n) is 5.66. The van der Waals surface area contributed by atoms with Crippen molar-refractivity contribution in [3.05, 3.63) is 59.9 Å². The molecule has 0 aliphatic rings. The van der Waals surface area contributed by atoms with Gasteiger partial charge in [-0.2, -0.15) is 0 Å². The minimum Gasteiger partial charge on any atom is -0.484 e. The van der Waals surface area contributed by atoms with Crippen LogP contribution in [-0.2, 0) is 6.54 Å². The van der Waals surface area contributed by atoms with Crippen molar-refractivity contribution in [3.63, 3.8) is 0 Å². The SMILES string of the molecule is CC(Oc1ccc(CN)cc1)c1ccccn1. The third-order valence-electron chi connectivity index (χ3n) is 2.58. The van der Waals surface area contributed by atoms with Gasteiger partial charge in [-0.15, -0.1) is 0 Å². The number of benzene rings is 1. The molecule has 1 aromatic carbocycles. The molecular weight excluding hydrogens is 212 g/mol. The smallest absolute Gasteiger partial charge is 0.138 e. The first-order valence-corrected chi connectivity index (χ1v) is 5.66. The standard InChI is InChI=1S/C14H16N2O/c1-11(14-4-2-3-9-16-14)17-13-7-5-12(10-15)6-8-13/h2-9,11H,10,15H2,1H3. The Balaban J connectivity index is 2.05. The van der Waals surface area contributed by atoms with Gasteiger partial charge >= 0.3 is 0 Å². The molecule has 88 valence electrons. The highest BCUT2D eigenvalue weighted by molar-refractivity contribution is 5.27. The zero-order valence-electron chi connectivity index (χ0n) is 9.84. The van der Waals surface area contributed by atoms with Crippen molar-refractivity contribution in [1.29, 1.82) is 0 Å². The van der Waals surface area contributed by atoms with Crippen molar-refractivity contribution in [3.8, 4) is 5.75 Å². The molecule has 1 aromatic heterocycles. The van der Waals surface area contributed by atoms with E-state index in [1.807, 2.05) is 49.4 Å². The van der Waals surface area contributed by atoms with Gasteiger partial charge in [0, 0.05) is 12.7 Å². The first kappa shape index (κ1) is 11.6. The summed E-state index contributed by atoms with van der Waals surface area (Å²) in [7, 11) is 0. The van der Waals surface area contributed by atoms with Gasteiger partial charge in [-0.25, -0.2) is 0 Å². The number of nitrogens with two attached hydrogens (primary N) is 1. The van der Waals surface area contributed by atoms with Crippen LogP contribution in [0.3, 0.4) is 0 Å². The number of aromatic nitrogens is 1. The molecule has 0 amide bonds. The van der Waals surface area contributed by atoms with E-state index in [0.717, 1.165) is 17.0 Å². The molecule has 1 unspecified atom stereocenters. The Morgan fingerprint density at radius 3 is 2.53 bits per heavy atom. The molecule has 2 aromatic rings. The molecule has 0 fully saturated rings. The summed E-state index contributed by atoms with van der Waals surface area (Å²) >= 11 is 0. The van der Waals surface area contributed by atoms with Crippen LogP contribution in [0, 0.1) is 0 Å². The van der Waals surface area contributed by atoms with Crippen LogP contribution in [0.4, 0.5) is 0 Å². The monoisotopic (exact) mass is 228 g/mol. The van der Waals surface area contributed by atoms with Gasteiger partial charge in [-0.1, -0.05) is 18.2 Å². The summed E-state index contributed by atoms with van der Waals surface area (Å²) in [5, 5.41) is 0. The van der Waals surface area contributed by atoms with Crippen LogP contribution in [0.5, 0.6) is 5.75 Å². The molecular formula is C14H16N2O. The van der Waals surface area contributed by atoms with Crippen molar-refractivity contribution in [2.75, 3.05) is 0 Å². The van der Waals surface area contributed by atoms with Gasteiger partial charge in [0.05, 0.1) is 5.69 Å². The van der Waals surface area contributed by atoms with E-state index >= 15 is 0 Å². The van der Waals surface area contributed by atoms with Crippen molar-refractivity contribution in [2.45, 2.75) is 19.6 Å². The molecule has 2 N–H and O–H groups in total. The van der Waals surface area contributed by atoms with Gasteiger partial charge in [0.1, 0.15) is 11.9 Å². The van der Waals surface area contributed by atoms with Crippen LogP contribution < -0.4 is 10.5 Å². The quantitative estimate of drug-likeness (QED) is 0.875. The average molecular weight is 228 g/mol. The Labute approximate surface area is 101 Å². The van der Waals surface area contributed by atoms with Gasteiger partial charge in [0.2, 0.25) is 0 Å². The Kier molecular flexibility index (Phi) is 3.73. The number of nitrogens with zero attached hydrogens (tertiary/aromatic N) is 1. The maximum Gasteiger partial charge on any atom is 0.138 e. The molecule has 3 nitrogen and oxygen atoms in total. The fourth-order valence-electron chi connectivity index (χ4n) is 1.59. The zero-order chi connectivity index (χ0) is 12.1. The third-order valence-corrected chi connectivity index (χ3v) is 2.58. The molecule has 17 heavy (non-hydrogen) atoms. The van der Waals surface area contributed by atoms with Crippen LogP contribution in [0.1, 0.15) is 24.3 Å². The predicted octanol–water partition coefficient (Wildman–Crippen LogP) is 2.68. The molecule has 0 aliphatic heterocycles. The molecule has 1 atom stereocenters. The van der Waals surface area contributed by atoms with Crippen LogP contribution in [-0.4, -0.2) is 4.98 Å². The summed E-state index contributed by atoms with van der Waals surface area (Å²) in [6.07, 6.45) is 1.71. The molecule has 0 saturated heterocycles. The van der Waals surface area contributed by atoms with Crippen molar-refractivity contribution >= 4 is 0 Å². The van der Waals surface area contributed by atoms with E-state index < -0.39 is 0 Å². The summed E-state index contributed by atoms with van der Waals surface area (Å²) < 4.78 is 5.80. The fourth-order valence-corrected chi connectivity index (χ4v) is 1.59. The topological polar surface area (TPSA) is 48.1 Å². The fraction of sp³-hybridized carbons (Fsp3) is 0.214. The minimum absolute atomic E-state index is 0.0556. The zero-order valence-corrected chi connectivity index (χ0v) is 9.84. The molecule has 0 aliphatic carbocycles. The molecule has 0 radical (unpaired) electrons. The first-order chi connectivity index (χ1) is 8.29. The minimum atomic E-state index is -0.0556. The van der Waals surface area contributed by atoms with E-state index in [-0.39, 0.29) is 6.10 Å². The Hall–Kier alpha value is -1.87. The van der Waals surface area contributed by atoms with Gasteiger partial charge in [0.25, 0.3) is 0 Å². The number of ether oxygens (including phenoxy) is 1. The lowest BCUT2D eigenvalue weighted by molar-refractivity contribution is 0.222. The molecule has 0 spiro atoms. The van der Waals surface area contributed by atoms with Crippen LogP contribution in [0.15, 0.2) is 48.7 Å². The van der Waals surface area contributed by atoms with Crippen molar-refractivity contribution < 1.29 is 4.74 Å². The van der Waals surface area contributed by atoms with E-state index in [9.17, 15) is 0 Å². The molecule has 2 rings (SSSR count). The van der Waals surface area contributed by atoms with Crippen LogP contribution >= 0.6 is 0 Å². The average Bonchev–Trinajstić information content (AvgIpc) is 2.40. The number of pyridine rings is 1. The van der Waals surface area contributed by atoms with Gasteiger partial charge in [-0.05, 0) is 36.8 Å². The van der Waals surface area contributed by atoms with E-state index in [1.54, 1.807) is 6.20 Å². The van der Waals surface area contributed by atoms with Gasteiger partial charge < -0.3 is 10.5 Å². The van der Waals surface area contributed by atoms with Gasteiger partial charge in [-0.3, -0.25) is 4.98 Å². The lowest BCUT2D eigenvalue weighted by Crippen LogP contribution is -2.05. The molecule has 1 heterocycles. The summed E-state index contributed by atoms with van der Waals surface area (Å²) in [6, 6.07) is 13.6. The Morgan fingerprint density at radius 2 is 1.94 bits per heavy atom. The van der Waals surface area contributed by atoms with Crippen LogP contribution in [0.2, 0.25) is 0 Å². The maximum atomic E-state index is 5.80.